The number of nitrogens with zero attached hydrogens (tertiary/aromatic N) is 3. The SMILES string of the molecule is CCC1Oc2c(F)cc(CN3CCN(c4ccc(C(=O)NN5CCCC5)cc4F)CC3)cc2NC1=O. The van der Waals surface area contributed by atoms with Crippen LogP contribution in [0.1, 0.15) is 42.1 Å². The van der Waals surface area contributed by atoms with Gasteiger partial charge in [0.25, 0.3) is 11.8 Å². The van der Waals surface area contributed by atoms with E-state index in [1.165, 1.54) is 12.1 Å². The molecule has 1 atom stereocenters. The molecule has 0 aromatic heterocycles. The number of anilines is 2. The van der Waals surface area contributed by atoms with Gasteiger partial charge in [-0.15, -0.1) is 0 Å². The molecule has 2 aromatic rings. The van der Waals surface area contributed by atoms with Crippen molar-refractivity contribution >= 4 is 23.2 Å². The average molecular weight is 500 g/mol. The molecule has 36 heavy (non-hydrogen) atoms. The summed E-state index contributed by atoms with van der Waals surface area (Å²) in [4.78, 5) is 28.6. The fraction of sp³-hybridized carbons (Fsp3) is 0.462. The van der Waals surface area contributed by atoms with Crippen molar-refractivity contribution in [2.75, 3.05) is 49.5 Å². The van der Waals surface area contributed by atoms with E-state index in [2.05, 4.69) is 15.6 Å². The van der Waals surface area contributed by atoms with E-state index in [0.29, 0.717) is 56.1 Å². The van der Waals surface area contributed by atoms with E-state index in [9.17, 15) is 18.4 Å². The fourth-order valence-corrected chi connectivity index (χ4v) is 4.98. The summed E-state index contributed by atoms with van der Waals surface area (Å²) in [5.74, 6) is -1.39. The van der Waals surface area contributed by atoms with Crippen LogP contribution in [-0.2, 0) is 11.3 Å². The third-order valence-corrected chi connectivity index (χ3v) is 6.98. The molecular formula is C26H31F2N5O3. The van der Waals surface area contributed by atoms with E-state index in [0.717, 1.165) is 31.5 Å². The highest BCUT2D eigenvalue weighted by Gasteiger charge is 2.29. The Hall–Kier alpha value is -3.24. The van der Waals surface area contributed by atoms with Crippen molar-refractivity contribution in [3.8, 4) is 5.75 Å². The van der Waals surface area contributed by atoms with Crippen molar-refractivity contribution in [2.45, 2.75) is 38.8 Å². The van der Waals surface area contributed by atoms with Crippen LogP contribution in [0.4, 0.5) is 20.2 Å². The number of nitrogens with one attached hydrogen (secondary N) is 2. The minimum atomic E-state index is -0.681. The number of hydrogen-bond acceptors (Lipinski definition) is 6. The highest BCUT2D eigenvalue weighted by atomic mass is 19.1. The van der Waals surface area contributed by atoms with Crippen LogP contribution in [0, 0.1) is 11.6 Å². The number of rotatable bonds is 6. The zero-order chi connectivity index (χ0) is 25.2. The molecule has 0 aliphatic carbocycles. The predicted octanol–water partition coefficient (Wildman–Crippen LogP) is 3.14. The molecule has 0 bridgehead atoms. The lowest BCUT2D eigenvalue weighted by molar-refractivity contribution is -0.123. The van der Waals surface area contributed by atoms with Gasteiger partial charge in [-0.25, -0.2) is 13.8 Å². The van der Waals surface area contributed by atoms with Gasteiger partial charge in [-0.3, -0.25) is 19.9 Å². The van der Waals surface area contributed by atoms with Crippen LogP contribution in [-0.4, -0.2) is 67.1 Å². The lowest BCUT2D eigenvalue weighted by atomic mass is 10.1. The molecule has 5 rings (SSSR count). The van der Waals surface area contributed by atoms with Crippen molar-refractivity contribution in [2.24, 2.45) is 0 Å². The van der Waals surface area contributed by atoms with Crippen LogP contribution in [0.15, 0.2) is 30.3 Å². The molecule has 3 aliphatic heterocycles. The summed E-state index contributed by atoms with van der Waals surface area (Å²) in [5, 5.41) is 4.61. The van der Waals surface area contributed by atoms with Crippen LogP contribution < -0.4 is 20.4 Å². The lowest BCUT2D eigenvalue weighted by Gasteiger charge is -2.36. The van der Waals surface area contributed by atoms with Crippen molar-refractivity contribution in [1.29, 1.82) is 0 Å². The van der Waals surface area contributed by atoms with E-state index in [4.69, 9.17) is 4.74 Å². The summed E-state index contributed by atoms with van der Waals surface area (Å²) in [7, 11) is 0. The molecular weight excluding hydrogens is 468 g/mol. The van der Waals surface area contributed by atoms with E-state index in [-0.39, 0.29) is 17.6 Å². The first kappa shape index (κ1) is 24.5. The molecule has 3 aliphatic rings. The van der Waals surface area contributed by atoms with Crippen LogP contribution in [0.3, 0.4) is 0 Å². The van der Waals surface area contributed by atoms with Crippen LogP contribution >= 0.6 is 0 Å². The minimum absolute atomic E-state index is 0.0862. The van der Waals surface area contributed by atoms with Gasteiger partial charge in [0, 0.05) is 51.4 Å². The summed E-state index contributed by atoms with van der Waals surface area (Å²) in [5.41, 5.74) is 4.69. The van der Waals surface area contributed by atoms with E-state index in [1.54, 1.807) is 18.2 Å². The number of amides is 2. The van der Waals surface area contributed by atoms with Crippen molar-refractivity contribution in [3.63, 3.8) is 0 Å². The number of benzene rings is 2. The second-order valence-electron chi connectivity index (χ2n) is 9.52. The molecule has 192 valence electrons. The maximum atomic E-state index is 14.9. The summed E-state index contributed by atoms with van der Waals surface area (Å²) >= 11 is 0. The van der Waals surface area contributed by atoms with E-state index >= 15 is 0 Å². The van der Waals surface area contributed by atoms with Crippen LogP contribution in [0.5, 0.6) is 5.75 Å². The monoisotopic (exact) mass is 499 g/mol. The van der Waals surface area contributed by atoms with Gasteiger partial charge in [0.05, 0.1) is 11.4 Å². The van der Waals surface area contributed by atoms with Gasteiger partial charge < -0.3 is 15.0 Å². The Morgan fingerprint density at radius 2 is 1.81 bits per heavy atom. The second kappa shape index (κ2) is 10.4. The van der Waals surface area contributed by atoms with Gasteiger partial charge >= 0.3 is 0 Å². The van der Waals surface area contributed by atoms with Gasteiger partial charge in [0.2, 0.25) is 0 Å². The maximum absolute atomic E-state index is 14.9. The Morgan fingerprint density at radius 3 is 2.50 bits per heavy atom. The molecule has 3 heterocycles. The topological polar surface area (TPSA) is 77.2 Å². The number of ether oxygens (including phenoxy) is 1. The zero-order valence-electron chi connectivity index (χ0n) is 20.4. The molecule has 0 saturated carbocycles. The zero-order valence-corrected chi connectivity index (χ0v) is 20.4. The number of hydrazine groups is 1. The standard InChI is InChI=1S/C26H31F2N5O3/c1-2-23-26(35)29-21-14-17(13-20(28)24(21)36-23)16-31-9-11-32(12-10-31)22-6-5-18(15-19(22)27)25(34)30-33-7-3-4-8-33/h5-6,13-15,23H,2-4,7-12,16H2,1H3,(H,29,35)(H,30,34). The Morgan fingerprint density at radius 1 is 1.06 bits per heavy atom. The van der Waals surface area contributed by atoms with Gasteiger partial charge in [-0.1, -0.05) is 6.92 Å². The molecule has 2 N–H and O–H groups in total. The molecule has 10 heteroatoms. The third kappa shape index (κ3) is 5.15. The van der Waals surface area contributed by atoms with E-state index < -0.39 is 17.7 Å². The number of carbonyl (C=O) groups is 2. The summed E-state index contributed by atoms with van der Waals surface area (Å²) in [6, 6.07) is 7.81. The van der Waals surface area contributed by atoms with Gasteiger partial charge in [0.1, 0.15) is 5.82 Å². The summed E-state index contributed by atoms with van der Waals surface area (Å²) in [6.07, 6.45) is 1.88. The lowest BCUT2D eigenvalue weighted by Crippen LogP contribution is -2.46. The summed E-state index contributed by atoms with van der Waals surface area (Å²) in [6.45, 7) is 6.47. The first-order valence-corrected chi connectivity index (χ1v) is 12.5. The predicted molar refractivity (Wildman–Crippen MR) is 132 cm³/mol. The van der Waals surface area contributed by atoms with Crippen LogP contribution in [0.2, 0.25) is 0 Å². The Labute approximate surface area is 209 Å². The van der Waals surface area contributed by atoms with E-state index in [1.807, 2.05) is 16.8 Å². The average Bonchev–Trinajstić information content (AvgIpc) is 3.37. The van der Waals surface area contributed by atoms with Crippen molar-refractivity contribution in [1.82, 2.24) is 15.3 Å². The van der Waals surface area contributed by atoms with Crippen LogP contribution in [0.25, 0.3) is 0 Å². The number of fused-ring (bicyclic) bond motifs is 1. The molecule has 2 fully saturated rings. The first-order chi connectivity index (χ1) is 17.4. The second-order valence-corrected chi connectivity index (χ2v) is 9.52. The number of halogens is 2. The highest BCUT2D eigenvalue weighted by molar-refractivity contribution is 5.97. The number of carbonyl (C=O) groups excluding carboxylic acids is 2. The fourth-order valence-electron chi connectivity index (χ4n) is 4.98. The quantitative estimate of drug-likeness (QED) is 0.636. The maximum Gasteiger partial charge on any atom is 0.265 e. The third-order valence-electron chi connectivity index (χ3n) is 6.98. The molecule has 0 radical (unpaired) electrons. The molecule has 8 nitrogen and oxygen atoms in total. The smallest absolute Gasteiger partial charge is 0.265 e. The van der Waals surface area contributed by atoms with Crippen molar-refractivity contribution < 1.29 is 23.1 Å². The highest BCUT2D eigenvalue weighted by Crippen LogP contribution is 2.35. The molecule has 2 amide bonds. The minimum Gasteiger partial charge on any atom is -0.475 e. The first-order valence-electron chi connectivity index (χ1n) is 12.5. The number of hydrogen-bond donors (Lipinski definition) is 2. The Balaban J connectivity index is 1.18. The molecule has 0 spiro atoms. The summed E-state index contributed by atoms with van der Waals surface area (Å²) < 4.78 is 35.1. The van der Waals surface area contributed by atoms with Gasteiger partial charge in [0.15, 0.2) is 17.7 Å². The van der Waals surface area contributed by atoms with Gasteiger partial charge in [-0.2, -0.15) is 0 Å². The molecule has 2 aromatic carbocycles. The Bertz CT molecular complexity index is 1150. The molecule has 2 saturated heterocycles. The van der Waals surface area contributed by atoms with Crippen molar-refractivity contribution in [3.05, 3.63) is 53.1 Å². The Kier molecular flexibility index (Phi) is 7.06. The largest absolute Gasteiger partial charge is 0.475 e. The molecule has 1 unspecified atom stereocenters. The normalized spacial score (nSPS) is 20.6. The number of piperazine rings is 1. The van der Waals surface area contributed by atoms with Gasteiger partial charge in [-0.05, 0) is 55.2 Å².